The van der Waals surface area contributed by atoms with Gasteiger partial charge in [-0.05, 0) is 30.5 Å². The first kappa shape index (κ1) is 10.6. The Labute approximate surface area is 110 Å². The van der Waals surface area contributed by atoms with Gasteiger partial charge in [-0.2, -0.15) is 0 Å². The van der Waals surface area contributed by atoms with Crippen molar-refractivity contribution in [3.63, 3.8) is 0 Å². The van der Waals surface area contributed by atoms with E-state index in [2.05, 4.69) is 21.7 Å². The molecule has 4 heteroatoms. The zero-order valence-electron chi connectivity index (χ0n) is 9.84. The maximum Gasteiger partial charge on any atom is 0.140 e. The maximum absolute atomic E-state index is 5.96. The van der Waals surface area contributed by atoms with Gasteiger partial charge in [0.2, 0.25) is 0 Å². The molecule has 2 fully saturated rings. The molecule has 1 saturated heterocycles. The fourth-order valence-corrected chi connectivity index (χ4v) is 3.12. The molecule has 0 N–H and O–H groups in total. The summed E-state index contributed by atoms with van der Waals surface area (Å²) >= 11 is 5.96. The molecule has 3 nitrogen and oxygen atoms in total. The van der Waals surface area contributed by atoms with Crippen molar-refractivity contribution in [1.82, 2.24) is 9.55 Å². The standard InChI is InChI=1S/C14H13ClN2O/c15-12-3-1-11(2-4-12)14(9-18-14)13(5-6-13)17-8-7-16-10-17/h1-4,7-8,10H,5-6,9H2. The summed E-state index contributed by atoms with van der Waals surface area (Å²) in [6.07, 6.45) is 8.05. The Hall–Kier alpha value is -1.32. The quantitative estimate of drug-likeness (QED) is 0.795. The van der Waals surface area contributed by atoms with Crippen molar-refractivity contribution >= 4 is 11.6 Å². The smallest absolute Gasteiger partial charge is 0.140 e. The van der Waals surface area contributed by atoms with Crippen LogP contribution in [0, 0.1) is 0 Å². The number of rotatable bonds is 3. The number of benzene rings is 1. The first-order valence-electron chi connectivity index (χ1n) is 6.15. The highest BCUT2D eigenvalue weighted by atomic mass is 35.5. The van der Waals surface area contributed by atoms with Gasteiger partial charge in [-0.3, -0.25) is 0 Å². The van der Waals surface area contributed by atoms with Gasteiger partial charge in [0.1, 0.15) is 5.60 Å². The van der Waals surface area contributed by atoms with E-state index in [1.54, 1.807) is 0 Å². The molecule has 2 aromatic rings. The Balaban J connectivity index is 1.78. The molecule has 0 amide bonds. The van der Waals surface area contributed by atoms with Crippen LogP contribution in [0.5, 0.6) is 0 Å². The Morgan fingerprint density at radius 2 is 1.94 bits per heavy atom. The van der Waals surface area contributed by atoms with E-state index in [0.29, 0.717) is 0 Å². The van der Waals surface area contributed by atoms with Crippen molar-refractivity contribution in [3.8, 4) is 0 Å². The van der Waals surface area contributed by atoms with Gasteiger partial charge in [0, 0.05) is 17.4 Å². The zero-order chi connectivity index (χ0) is 12.2. The monoisotopic (exact) mass is 260 g/mol. The summed E-state index contributed by atoms with van der Waals surface area (Å²) in [4.78, 5) is 4.16. The van der Waals surface area contributed by atoms with Gasteiger partial charge in [-0.15, -0.1) is 0 Å². The molecule has 1 saturated carbocycles. The number of halogens is 1. The number of nitrogens with zero attached hydrogens (tertiary/aromatic N) is 2. The lowest BCUT2D eigenvalue weighted by Crippen LogP contribution is -2.32. The lowest BCUT2D eigenvalue weighted by molar-refractivity contribution is 0.199. The third-order valence-electron chi connectivity index (χ3n) is 4.22. The average molecular weight is 261 g/mol. The molecule has 0 spiro atoms. The van der Waals surface area contributed by atoms with E-state index in [-0.39, 0.29) is 11.1 Å². The van der Waals surface area contributed by atoms with E-state index in [4.69, 9.17) is 16.3 Å². The van der Waals surface area contributed by atoms with Crippen molar-refractivity contribution < 1.29 is 4.74 Å². The third kappa shape index (κ3) is 1.26. The Morgan fingerprint density at radius 3 is 2.44 bits per heavy atom. The predicted molar refractivity (Wildman–Crippen MR) is 68.5 cm³/mol. The molecule has 0 radical (unpaired) electrons. The Morgan fingerprint density at radius 1 is 1.22 bits per heavy atom. The summed E-state index contributed by atoms with van der Waals surface area (Å²) in [7, 11) is 0. The first-order valence-corrected chi connectivity index (χ1v) is 6.53. The zero-order valence-corrected chi connectivity index (χ0v) is 10.6. The number of epoxide rings is 1. The van der Waals surface area contributed by atoms with Gasteiger partial charge in [0.05, 0.1) is 18.5 Å². The van der Waals surface area contributed by atoms with Crippen molar-refractivity contribution in [1.29, 1.82) is 0 Å². The molecule has 1 aromatic carbocycles. The third-order valence-corrected chi connectivity index (χ3v) is 4.47. The van der Waals surface area contributed by atoms with Crippen LogP contribution in [0.15, 0.2) is 43.0 Å². The van der Waals surface area contributed by atoms with Gasteiger partial charge < -0.3 is 9.30 Å². The highest BCUT2D eigenvalue weighted by Gasteiger charge is 2.69. The molecule has 1 aliphatic carbocycles. The van der Waals surface area contributed by atoms with E-state index in [9.17, 15) is 0 Å². The summed E-state index contributed by atoms with van der Waals surface area (Å²) in [6, 6.07) is 8.02. The maximum atomic E-state index is 5.96. The van der Waals surface area contributed by atoms with E-state index < -0.39 is 0 Å². The highest BCUT2D eigenvalue weighted by Crippen LogP contribution is 2.64. The van der Waals surface area contributed by atoms with Crippen LogP contribution in [0.4, 0.5) is 0 Å². The fraction of sp³-hybridized carbons (Fsp3) is 0.357. The predicted octanol–water partition coefficient (Wildman–Crippen LogP) is 2.95. The topological polar surface area (TPSA) is 30.4 Å². The molecule has 1 aromatic heterocycles. The van der Waals surface area contributed by atoms with Crippen molar-refractivity contribution in [3.05, 3.63) is 53.6 Å². The second-order valence-electron chi connectivity index (χ2n) is 5.12. The summed E-state index contributed by atoms with van der Waals surface area (Å²) < 4.78 is 8.08. The molecular formula is C14H13ClN2O. The minimum absolute atomic E-state index is 0.0668. The lowest BCUT2D eigenvalue weighted by atomic mass is 9.89. The minimum Gasteiger partial charge on any atom is -0.362 e. The largest absolute Gasteiger partial charge is 0.362 e. The molecule has 2 aliphatic rings. The molecule has 2 heterocycles. The molecule has 1 unspecified atom stereocenters. The molecule has 4 rings (SSSR count). The number of hydrogen-bond donors (Lipinski definition) is 0. The Bertz CT molecular complexity index is 568. The van der Waals surface area contributed by atoms with Crippen LogP contribution in [-0.4, -0.2) is 16.2 Å². The molecule has 0 bridgehead atoms. The van der Waals surface area contributed by atoms with Gasteiger partial charge >= 0.3 is 0 Å². The van der Waals surface area contributed by atoms with Crippen LogP contribution < -0.4 is 0 Å². The fourth-order valence-electron chi connectivity index (χ4n) is 3.00. The van der Waals surface area contributed by atoms with Crippen LogP contribution in [-0.2, 0) is 15.9 Å². The summed E-state index contributed by atoms with van der Waals surface area (Å²) in [5, 5.41) is 0.766. The molecular weight excluding hydrogens is 248 g/mol. The van der Waals surface area contributed by atoms with E-state index in [1.807, 2.05) is 30.9 Å². The van der Waals surface area contributed by atoms with Crippen molar-refractivity contribution in [2.45, 2.75) is 24.0 Å². The molecule has 1 aliphatic heterocycles. The minimum atomic E-state index is -0.168. The number of imidazole rings is 1. The summed E-state index contributed by atoms with van der Waals surface area (Å²) in [5.41, 5.74) is 1.12. The normalized spacial score (nSPS) is 28.1. The van der Waals surface area contributed by atoms with Crippen molar-refractivity contribution in [2.24, 2.45) is 0 Å². The van der Waals surface area contributed by atoms with E-state index in [1.165, 1.54) is 5.56 Å². The van der Waals surface area contributed by atoms with Crippen molar-refractivity contribution in [2.75, 3.05) is 6.61 Å². The molecule has 92 valence electrons. The van der Waals surface area contributed by atoms with Gasteiger partial charge in [-0.1, -0.05) is 23.7 Å². The number of ether oxygens (including phenoxy) is 1. The van der Waals surface area contributed by atoms with Gasteiger partial charge in [-0.25, -0.2) is 4.98 Å². The van der Waals surface area contributed by atoms with Crippen LogP contribution in [0.1, 0.15) is 18.4 Å². The first-order chi connectivity index (χ1) is 8.77. The van der Waals surface area contributed by atoms with E-state index >= 15 is 0 Å². The lowest BCUT2D eigenvalue weighted by Gasteiger charge is -2.25. The van der Waals surface area contributed by atoms with Gasteiger partial charge in [0.25, 0.3) is 0 Å². The number of hydrogen-bond acceptors (Lipinski definition) is 2. The van der Waals surface area contributed by atoms with Crippen LogP contribution in [0.2, 0.25) is 5.02 Å². The summed E-state index contributed by atoms with van der Waals surface area (Å²) in [6.45, 7) is 0.785. The SMILES string of the molecule is Clc1ccc(C2(C3(n4ccnc4)CC3)CO2)cc1. The van der Waals surface area contributed by atoms with Crippen LogP contribution in [0.3, 0.4) is 0 Å². The van der Waals surface area contributed by atoms with Crippen LogP contribution >= 0.6 is 11.6 Å². The van der Waals surface area contributed by atoms with E-state index in [0.717, 1.165) is 24.5 Å². The molecule has 18 heavy (non-hydrogen) atoms. The van der Waals surface area contributed by atoms with Crippen LogP contribution in [0.25, 0.3) is 0 Å². The van der Waals surface area contributed by atoms with Gasteiger partial charge in [0.15, 0.2) is 0 Å². The second kappa shape index (κ2) is 3.37. The second-order valence-corrected chi connectivity index (χ2v) is 5.56. The number of aromatic nitrogens is 2. The molecule has 1 atom stereocenters. The Kier molecular flexibility index (Phi) is 1.98. The average Bonchev–Trinajstić information content (AvgIpc) is 3.29. The summed E-state index contributed by atoms with van der Waals surface area (Å²) in [5.74, 6) is 0. The highest BCUT2D eigenvalue weighted by molar-refractivity contribution is 6.30.